The zero-order chi connectivity index (χ0) is 41.0. The van der Waals surface area contributed by atoms with Crippen LogP contribution in [-0.2, 0) is 43.2 Å². The summed E-state index contributed by atoms with van der Waals surface area (Å²) in [5, 5.41) is 63.0. The number of rotatable bonds is 25. The van der Waals surface area contributed by atoms with E-state index in [0.29, 0.717) is 5.75 Å². The van der Waals surface area contributed by atoms with Crippen LogP contribution in [-0.4, -0.2) is 159 Å². The SMILES string of the molecule is CSCC[C@H](NC(=O)[C@H](CC(C)C)NC(=O)[C@H](CO)NC(=O)[C@H](CO)NC(=O)[C@H](C)NC(=O)[C@H](CO)NC(=O)[C@H](C)N)C(=O)N[C@@H](CC(=O)O)C(=O)O. The van der Waals surface area contributed by atoms with E-state index in [0.717, 1.165) is 0 Å². The minimum absolute atomic E-state index is 0.00146. The van der Waals surface area contributed by atoms with E-state index in [9.17, 15) is 63.6 Å². The first-order valence-electron chi connectivity index (χ1n) is 16.4. The van der Waals surface area contributed by atoms with E-state index in [1.54, 1.807) is 20.1 Å². The number of thioether (sulfide) groups is 1. The van der Waals surface area contributed by atoms with Crippen molar-refractivity contribution in [2.75, 3.05) is 31.8 Å². The van der Waals surface area contributed by atoms with Gasteiger partial charge in [-0.05, 0) is 44.6 Å². The van der Waals surface area contributed by atoms with Gasteiger partial charge in [-0.2, -0.15) is 11.8 Å². The molecule has 0 fully saturated rings. The van der Waals surface area contributed by atoms with E-state index in [2.05, 4.69) is 37.2 Å². The highest BCUT2D eigenvalue weighted by Gasteiger charge is 2.33. The fourth-order valence-corrected chi connectivity index (χ4v) is 4.70. The van der Waals surface area contributed by atoms with E-state index in [4.69, 9.17) is 10.8 Å². The van der Waals surface area contributed by atoms with Gasteiger partial charge in [0.25, 0.3) is 0 Å². The van der Waals surface area contributed by atoms with Crippen LogP contribution >= 0.6 is 11.8 Å². The van der Waals surface area contributed by atoms with E-state index in [1.807, 2.05) is 0 Å². The van der Waals surface area contributed by atoms with Crippen LogP contribution in [0.1, 0.15) is 47.0 Å². The molecule has 0 spiro atoms. The molecule has 0 radical (unpaired) electrons. The highest BCUT2D eigenvalue weighted by Crippen LogP contribution is 2.09. The van der Waals surface area contributed by atoms with Crippen molar-refractivity contribution in [2.24, 2.45) is 11.7 Å². The topological polar surface area (TPSA) is 365 Å². The first kappa shape index (κ1) is 48.4. The number of hydrogen-bond donors (Lipinski definition) is 13. The standard InChI is InChI=1S/C30H52N8O14S/c1-13(2)8-17(26(47)33-16(6-7-53-5)25(46)35-18(30(51)52)9-22(42)43)34-28(49)21(12-41)38-29(50)20(11-40)37-24(45)15(4)32-27(48)19(10-39)36-23(44)14(3)31/h13-21,39-41H,6-12,31H2,1-5H3,(H,32,48)(H,33,47)(H,34,49)(H,35,46)(H,36,44)(H,37,45)(H,38,50)(H,42,43)(H,51,52)/t14-,15-,16-,17-,18-,19-,20-,21-/m0/s1. The van der Waals surface area contributed by atoms with Crippen molar-refractivity contribution in [3.63, 3.8) is 0 Å². The Morgan fingerprint density at radius 1 is 0.547 bits per heavy atom. The molecule has 302 valence electrons. The number of aliphatic hydroxyl groups is 3. The van der Waals surface area contributed by atoms with Crippen molar-refractivity contribution in [1.82, 2.24) is 37.2 Å². The molecule has 0 saturated carbocycles. The first-order valence-corrected chi connectivity index (χ1v) is 17.8. The molecule has 0 aromatic heterocycles. The second-order valence-corrected chi connectivity index (χ2v) is 13.3. The second-order valence-electron chi connectivity index (χ2n) is 12.3. The van der Waals surface area contributed by atoms with Gasteiger partial charge in [-0.1, -0.05) is 13.8 Å². The molecule has 53 heavy (non-hydrogen) atoms. The monoisotopic (exact) mass is 780 g/mol. The molecule has 0 unspecified atom stereocenters. The van der Waals surface area contributed by atoms with Crippen molar-refractivity contribution >= 4 is 65.1 Å². The number of aliphatic hydroxyl groups excluding tert-OH is 3. The lowest BCUT2D eigenvalue weighted by molar-refractivity contribution is -0.147. The Morgan fingerprint density at radius 3 is 1.34 bits per heavy atom. The molecule has 7 amide bonds. The number of aliphatic carboxylic acids is 2. The summed E-state index contributed by atoms with van der Waals surface area (Å²) in [5.74, 6) is -9.84. The van der Waals surface area contributed by atoms with Crippen molar-refractivity contribution in [1.29, 1.82) is 0 Å². The van der Waals surface area contributed by atoms with Gasteiger partial charge >= 0.3 is 11.9 Å². The fraction of sp³-hybridized carbons (Fsp3) is 0.700. The molecule has 0 aliphatic heterocycles. The van der Waals surface area contributed by atoms with Crippen LogP contribution in [0.15, 0.2) is 0 Å². The molecule has 0 aromatic rings. The maximum Gasteiger partial charge on any atom is 0.326 e. The summed E-state index contributed by atoms with van der Waals surface area (Å²) in [7, 11) is 0. The lowest BCUT2D eigenvalue weighted by atomic mass is 10.0. The molecule has 0 rings (SSSR count). The van der Waals surface area contributed by atoms with Crippen LogP contribution in [0.2, 0.25) is 0 Å². The Morgan fingerprint density at radius 2 is 0.925 bits per heavy atom. The zero-order valence-electron chi connectivity index (χ0n) is 30.0. The average Bonchev–Trinajstić information content (AvgIpc) is 3.08. The molecule has 23 heteroatoms. The molecule has 8 atom stereocenters. The number of carboxylic acids is 2. The minimum atomic E-state index is -1.79. The van der Waals surface area contributed by atoms with Gasteiger partial charge < -0.3 is 68.5 Å². The van der Waals surface area contributed by atoms with Crippen LogP contribution < -0.4 is 43.0 Å². The summed E-state index contributed by atoms with van der Waals surface area (Å²) in [4.78, 5) is 112. The third-order valence-corrected chi connectivity index (χ3v) is 7.83. The van der Waals surface area contributed by atoms with Crippen LogP contribution in [0.5, 0.6) is 0 Å². The Balaban J connectivity index is 5.74. The molecule has 0 bridgehead atoms. The van der Waals surface area contributed by atoms with Gasteiger partial charge in [0.1, 0.15) is 42.3 Å². The van der Waals surface area contributed by atoms with Crippen molar-refractivity contribution in [2.45, 2.75) is 95.3 Å². The van der Waals surface area contributed by atoms with Crippen molar-refractivity contribution in [3.8, 4) is 0 Å². The molecule has 0 saturated heterocycles. The Bertz CT molecular complexity index is 1300. The third-order valence-electron chi connectivity index (χ3n) is 7.19. The predicted octanol–water partition coefficient (Wildman–Crippen LogP) is -5.92. The minimum Gasteiger partial charge on any atom is -0.481 e. The van der Waals surface area contributed by atoms with Crippen LogP contribution in [0.3, 0.4) is 0 Å². The summed E-state index contributed by atoms with van der Waals surface area (Å²) in [6.07, 6.45) is 0.766. The highest BCUT2D eigenvalue weighted by molar-refractivity contribution is 7.98. The van der Waals surface area contributed by atoms with Gasteiger partial charge in [0, 0.05) is 0 Å². The van der Waals surface area contributed by atoms with Crippen LogP contribution in [0.25, 0.3) is 0 Å². The highest BCUT2D eigenvalue weighted by atomic mass is 32.2. The molecule has 0 aliphatic carbocycles. The third kappa shape index (κ3) is 18.1. The summed E-state index contributed by atoms with van der Waals surface area (Å²) < 4.78 is 0. The molecule has 14 N–H and O–H groups in total. The summed E-state index contributed by atoms with van der Waals surface area (Å²) in [6, 6.07) is -11.8. The molecule has 0 aliphatic rings. The van der Waals surface area contributed by atoms with Gasteiger partial charge in [0.15, 0.2) is 0 Å². The summed E-state index contributed by atoms with van der Waals surface area (Å²) in [6.45, 7) is 3.09. The normalized spacial score (nSPS) is 15.5. The number of hydrogen-bond acceptors (Lipinski definition) is 14. The first-order chi connectivity index (χ1) is 24.7. The van der Waals surface area contributed by atoms with Gasteiger partial charge in [-0.15, -0.1) is 0 Å². The van der Waals surface area contributed by atoms with Gasteiger partial charge in [0.05, 0.1) is 32.3 Å². The van der Waals surface area contributed by atoms with Gasteiger partial charge in [-0.3, -0.25) is 38.4 Å². The molecular formula is C30H52N8O14S. The van der Waals surface area contributed by atoms with E-state index in [-0.39, 0.29) is 18.8 Å². The number of nitrogens with two attached hydrogens (primary N) is 1. The Hall–Kier alpha value is -4.58. The Labute approximate surface area is 309 Å². The van der Waals surface area contributed by atoms with E-state index in [1.165, 1.54) is 25.6 Å². The average molecular weight is 781 g/mol. The number of carboxylic acid groups (broad SMARTS) is 2. The molecular weight excluding hydrogens is 728 g/mol. The molecule has 0 heterocycles. The van der Waals surface area contributed by atoms with Crippen molar-refractivity contribution < 1.29 is 68.7 Å². The maximum atomic E-state index is 13.4. The molecule has 22 nitrogen and oxygen atoms in total. The number of amides is 7. The van der Waals surface area contributed by atoms with Gasteiger partial charge in [0.2, 0.25) is 41.4 Å². The van der Waals surface area contributed by atoms with Gasteiger partial charge in [-0.25, -0.2) is 4.79 Å². The van der Waals surface area contributed by atoms with Crippen LogP contribution in [0.4, 0.5) is 0 Å². The number of nitrogens with one attached hydrogen (secondary N) is 7. The number of carbonyl (C=O) groups excluding carboxylic acids is 7. The summed E-state index contributed by atoms with van der Waals surface area (Å²) >= 11 is 1.30. The maximum absolute atomic E-state index is 13.4. The zero-order valence-corrected chi connectivity index (χ0v) is 30.9. The second kappa shape index (κ2) is 24.6. The quantitative estimate of drug-likeness (QED) is 0.0410. The summed E-state index contributed by atoms with van der Waals surface area (Å²) in [5.41, 5.74) is 5.43. The Kier molecular flexibility index (Phi) is 22.5. The van der Waals surface area contributed by atoms with Crippen LogP contribution in [0, 0.1) is 5.92 Å². The largest absolute Gasteiger partial charge is 0.481 e. The van der Waals surface area contributed by atoms with E-state index < -0.39 is 128 Å². The van der Waals surface area contributed by atoms with Crippen molar-refractivity contribution in [3.05, 3.63) is 0 Å². The lowest BCUT2D eigenvalue weighted by Crippen LogP contribution is -2.61. The number of carbonyl (C=O) groups is 9. The lowest BCUT2D eigenvalue weighted by Gasteiger charge is -2.27. The fourth-order valence-electron chi connectivity index (χ4n) is 4.23. The van der Waals surface area contributed by atoms with E-state index >= 15 is 0 Å². The predicted molar refractivity (Wildman–Crippen MR) is 186 cm³/mol. The smallest absolute Gasteiger partial charge is 0.326 e. The molecule has 0 aromatic carbocycles.